The lowest BCUT2D eigenvalue weighted by Gasteiger charge is -2.16. The summed E-state index contributed by atoms with van der Waals surface area (Å²) in [5.41, 5.74) is 1.19. The van der Waals surface area contributed by atoms with Gasteiger partial charge in [-0.3, -0.25) is 4.98 Å². The van der Waals surface area contributed by atoms with Crippen LogP contribution in [0.15, 0.2) is 22.9 Å². The number of hydrogen-bond donors (Lipinski definition) is 1. The van der Waals surface area contributed by atoms with Gasteiger partial charge in [0.15, 0.2) is 0 Å². The van der Waals surface area contributed by atoms with Crippen LogP contribution in [-0.4, -0.2) is 45.0 Å². The van der Waals surface area contributed by atoms with Crippen LogP contribution >= 0.6 is 15.9 Å². The number of ether oxygens (including phenoxy) is 2. The molecule has 1 rings (SSSR count). The zero-order valence-electron chi connectivity index (χ0n) is 10.3. The molecule has 0 fully saturated rings. The second kappa shape index (κ2) is 8.58. The summed E-state index contributed by atoms with van der Waals surface area (Å²) in [7, 11) is 3.61. The van der Waals surface area contributed by atoms with Crippen molar-refractivity contribution in [3.05, 3.63) is 28.5 Å². The second-order valence-corrected chi connectivity index (χ2v) is 4.68. The summed E-state index contributed by atoms with van der Waals surface area (Å²) in [4.78, 5) is 4.15. The van der Waals surface area contributed by atoms with E-state index in [9.17, 15) is 0 Å². The summed E-state index contributed by atoms with van der Waals surface area (Å²) in [6.45, 7) is 1.94. The molecule has 1 heterocycles. The van der Waals surface area contributed by atoms with Gasteiger partial charge < -0.3 is 14.8 Å². The van der Waals surface area contributed by atoms with Crippen LogP contribution in [0.4, 0.5) is 0 Å². The lowest BCUT2D eigenvalue weighted by atomic mass is 10.1. The highest BCUT2D eigenvalue weighted by atomic mass is 79.9. The average molecular weight is 303 g/mol. The van der Waals surface area contributed by atoms with Gasteiger partial charge in [-0.2, -0.15) is 0 Å². The normalized spacial score (nSPS) is 12.6. The third kappa shape index (κ3) is 6.12. The Morgan fingerprint density at radius 2 is 2.24 bits per heavy atom. The molecule has 96 valence electrons. The Morgan fingerprint density at radius 1 is 1.41 bits per heavy atom. The summed E-state index contributed by atoms with van der Waals surface area (Å²) in [6.07, 6.45) is 4.56. The minimum atomic E-state index is 0.294. The zero-order chi connectivity index (χ0) is 12.5. The van der Waals surface area contributed by atoms with Gasteiger partial charge in [0.1, 0.15) is 0 Å². The molecule has 0 spiro atoms. The number of methoxy groups -OCH3 is 1. The molecule has 0 aliphatic rings. The maximum atomic E-state index is 5.51. The molecule has 5 heteroatoms. The van der Waals surface area contributed by atoms with E-state index < -0.39 is 0 Å². The van der Waals surface area contributed by atoms with Crippen molar-refractivity contribution in [1.82, 2.24) is 10.3 Å². The Bertz CT molecular complexity index is 323. The minimum Gasteiger partial charge on any atom is -0.382 e. The fraction of sp³-hybridized carbons (Fsp3) is 0.583. The summed E-state index contributed by atoms with van der Waals surface area (Å²) in [6, 6.07) is 2.37. The van der Waals surface area contributed by atoms with E-state index in [4.69, 9.17) is 9.47 Å². The average Bonchev–Trinajstić information content (AvgIpc) is 2.33. The number of halogens is 1. The van der Waals surface area contributed by atoms with Gasteiger partial charge in [0.05, 0.1) is 19.8 Å². The molecule has 1 aromatic rings. The summed E-state index contributed by atoms with van der Waals surface area (Å²) in [5, 5.41) is 3.24. The third-order valence-corrected chi connectivity index (χ3v) is 2.84. The van der Waals surface area contributed by atoms with Gasteiger partial charge in [-0.25, -0.2) is 0 Å². The van der Waals surface area contributed by atoms with Gasteiger partial charge in [0, 0.05) is 30.0 Å². The van der Waals surface area contributed by atoms with E-state index >= 15 is 0 Å². The monoisotopic (exact) mass is 302 g/mol. The van der Waals surface area contributed by atoms with Crippen LogP contribution in [-0.2, 0) is 15.9 Å². The van der Waals surface area contributed by atoms with E-state index in [1.54, 1.807) is 13.3 Å². The maximum absolute atomic E-state index is 5.51. The Hall–Kier alpha value is -0.490. The number of rotatable bonds is 8. The first kappa shape index (κ1) is 14.6. The fourth-order valence-corrected chi connectivity index (χ4v) is 1.88. The number of hydrogen-bond acceptors (Lipinski definition) is 4. The maximum Gasteiger partial charge on any atom is 0.0701 e. The Labute approximate surface area is 111 Å². The first-order chi connectivity index (χ1) is 8.26. The lowest BCUT2D eigenvalue weighted by molar-refractivity contribution is 0.0597. The molecule has 1 aromatic heterocycles. The molecule has 0 amide bonds. The van der Waals surface area contributed by atoms with Crippen molar-refractivity contribution in [2.75, 3.05) is 34.0 Å². The van der Waals surface area contributed by atoms with E-state index in [2.05, 4.69) is 32.3 Å². The molecule has 0 saturated heterocycles. The molecule has 0 aliphatic heterocycles. The highest BCUT2D eigenvalue weighted by molar-refractivity contribution is 9.10. The molecule has 1 N–H and O–H groups in total. The quantitative estimate of drug-likeness (QED) is 0.742. The lowest BCUT2D eigenvalue weighted by Crippen LogP contribution is -2.33. The van der Waals surface area contributed by atoms with Crippen molar-refractivity contribution in [3.63, 3.8) is 0 Å². The van der Waals surface area contributed by atoms with Crippen LogP contribution in [0.1, 0.15) is 5.56 Å². The van der Waals surface area contributed by atoms with Crippen molar-refractivity contribution >= 4 is 15.9 Å². The number of likely N-dealkylation sites (N-methyl/N-ethyl adjacent to an activating group) is 1. The Morgan fingerprint density at radius 3 is 2.88 bits per heavy atom. The molecular formula is C12H19BrN2O2. The van der Waals surface area contributed by atoms with Crippen LogP contribution in [0.3, 0.4) is 0 Å². The van der Waals surface area contributed by atoms with E-state index in [-0.39, 0.29) is 0 Å². The Kier molecular flexibility index (Phi) is 7.35. The molecule has 4 nitrogen and oxygen atoms in total. The standard InChI is InChI=1S/C12H19BrN2O2/c1-14-12(9-17-4-3-16-2)6-10-5-11(13)8-15-7-10/h5,7-8,12,14H,3-4,6,9H2,1-2H3. The number of nitrogens with zero attached hydrogens (tertiary/aromatic N) is 1. The van der Waals surface area contributed by atoms with Gasteiger partial charge in [0.25, 0.3) is 0 Å². The van der Waals surface area contributed by atoms with Crippen LogP contribution in [0.2, 0.25) is 0 Å². The number of aromatic nitrogens is 1. The van der Waals surface area contributed by atoms with E-state index in [0.29, 0.717) is 25.9 Å². The molecule has 0 aromatic carbocycles. The van der Waals surface area contributed by atoms with Crippen molar-refractivity contribution in [1.29, 1.82) is 0 Å². The Balaban J connectivity index is 2.35. The van der Waals surface area contributed by atoms with Crippen molar-refractivity contribution in [3.8, 4) is 0 Å². The van der Waals surface area contributed by atoms with Gasteiger partial charge in [0.2, 0.25) is 0 Å². The molecule has 1 atom stereocenters. The first-order valence-corrected chi connectivity index (χ1v) is 6.39. The van der Waals surface area contributed by atoms with Gasteiger partial charge in [-0.15, -0.1) is 0 Å². The topological polar surface area (TPSA) is 43.4 Å². The second-order valence-electron chi connectivity index (χ2n) is 3.77. The fourth-order valence-electron chi connectivity index (χ4n) is 1.46. The van der Waals surface area contributed by atoms with Gasteiger partial charge in [-0.1, -0.05) is 0 Å². The summed E-state index contributed by atoms with van der Waals surface area (Å²) >= 11 is 3.42. The summed E-state index contributed by atoms with van der Waals surface area (Å²) in [5.74, 6) is 0. The van der Waals surface area contributed by atoms with Crippen LogP contribution in [0.5, 0.6) is 0 Å². The molecule has 1 unspecified atom stereocenters. The SMILES string of the molecule is CNC(COCCOC)Cc1cncc(Br)c1. The molecule has 0 bridgehead atoms. The highest BCUT2D eigenvalue weighted by Crippen LogP contribution is 2.11. The predicted molar refractivity (Wildman–Crippen MR) is 71.2 cm³/mol. The van der Waals surface area contributed by atoms with Crippen molar-refractivity contribution in [2.45, 2.75) is 12.5 Å². The van der Waals surface area contributed by atoms with Crippen LogP contribution in [0, 0.1) is 0 Å². The van der Waals surface area contributed by atoms with E-state index in [1.165, 1.54) is 5.56 Å². The molecule has 0 radical (unpaired) electrons. The van der Waals surface area contributed by atoms with Crippen LogP contribution in [0.25, 0.3) is 0 Å². The molecular weight excluding hydrogens is 284 g/mol. The largest absolute Gasteiger partial charge is 0.382 e. The number of nitrogens with one attached hydrogen (secondary N) is 1. The van der Waals surface area contributed by atoms with Crippen LogP contribution < -0.4 is 5.32 Å². The zero-order valence-corrected chi connectivity index (χ0v) is 11.9. The number of pyridine rings is 1. The first-order valence-electron chi connectivity index (χ1n) is 5.59. The molecule has 0 saturated carbocycles. The van der Waals surface area contributed by atoms with Gasteiger partial charge >= 0.3 is 0 Å². The summed E-state index contributed by atoms with van der Waals surface area (Å²) < 4.78 is 11.4. The van der Waals surface area contributed by atoms with Crippen molar-refractivity contribution in [2.24, 2.45) is 0 Å². The predicted octanol–water partition coefficient (Wildman–Crippen LogP) is 1.64. The smallest absolute Gasteiger partial charge is 0.0701 e. The third-order valence-electron chi connectivity index (χ3n) is 2.40. The molecule has 0 aliphatic carbocycles. The van der Waals surface area contributed by atoms with E-state index in [0.717, 1.165) is 10.9 Å². The van der Waals surface area contributed by atoms with Gasteiger partial charge in [-0.05, 0) is 41.0 Å². The van der Waals surface area contributed by atoms with Crippen molar-refractivity contribution < 1.29 is 9.47 Å². The minimum absolute atomic E-state index is 0.294. The van der Waals surface area contributed by atoms with E-state index in [1.807, 2.05) is 13.2 Å². The highest BCUT2D eigenvalue weighted by Gasteiger charge is 2.08. The molecule has 17 heavy (non-hydrogen) atoms.